The molecule has 100 valence electrons. The lowest BCUT2D eigenvalue weighted by Gasteiger charge is -2.06. The van der Waals surface area contributed by atoms with Gasteiger partial charge in [-0.3, -0.25) is 0 Å². The van der Waals surface area contributed by atoms with Gasteiger partial charge in [-0.15, -0.1) is 0 Å². The maximum atomic E-state index is 3.91. The highest BCUT2D eigenvalue weighted by Gasteiger charge is 2.01. The van der Waals surface area contributed by atoms with Crippen molar-refractivity contribution in [2.75, 3.05) is 0 Å². The summed E-state index contributed by atoms with van der Waals surface area (Å²) in [6.07, 6.45) is 6.29. The van der Waals surface area contributed by atoms with Gasteiger partial charge in [0.15, 0.2) is 0 Å². The summed E-state index contributed by atoms with van der Waals surface area (Å²) in [7, 11) is 0. The van der Waals surface area contributed by atoms with Crippen molar-refractivity contribution in [1.29, 1.82) is 0 Å². The predicted molar refractivity (Wildman–Crippen MR) is 89.5 cm³/mol. The van der Waals surface area contributed by atoms with Gasteiger partial charge in [-0.1, -0.05) is 78.9 Å². The number of hydrogen-bond donors (Lipinski definition) is 0. The second-order valence-corrected chi connectivity index (χ2v) is 4.87. The van der Waals surface area contributed by atoms with Crippen molar-refractivity contribution < 1.29 is 0 Å². The zero-order chi connectivity index (χ0) is 14.4. The SMILES string of the molecule is C=C(C)/C=C\C(=C/C)c1cccc(-c2ccccc2)c1. The standard InChI is InChI=1S/C20H20/c1-4-17(14-13-16(2)3)19-11-8-12-20(15-19)18-9-6-5-7-10-18/h4-15H,2H2,1,3H3/b14-13-,17-4+. The van der Waals surface area contributed by atoms with E-state index >= 15 is 0 Å². The molecule has 0 nitrogen and oxygen atoms in total. The van der Waals surface area contributed by atoms with Gasteiger partial charge in [0.1, 0.15) is 0 Å². The third-order valence-electron chi connectivity index (χ3n) is 3.16. The number of hydrogen-bond acceptors (Lipinski definition) is 0. The predicted octanol–water partition coefficient (Wildman–Crippen LogP) is 5.89. The van der Waals surface area contributed by atoms with Gasteiger partial charge >= 0.3 is 0 Å². The largest absolute Gasteiger partial charge is 0.0961 e. The summed E-state index contributed by atoms with van der Waals surface area (Å²) in [5.41, 5.74) is 5.99. The van der Waals surface area contributed by atoms with E-state index in [0.29, 0.717) is 0 Å². The molecule has 0 saturated heterocycles. The van der Waals surface area contributed by atoms with E-state index in [4.69, 9.17) is 0 Å². The zero-order valence-electron chi connectivity index (χ0n) is 12.1. The topological polar surface area (TPSA) is 0 Å². The molecule has 0 heterocycles. The monoisotopic (exact) mass is 260 g/mol. The van der Waals surface area contributed by atoms with Gasteiger partial charge in [0.25, 0.3) is 0 Å². The van der Waals surface area contributed by atoms with Crippen molar-refractivity contribution in [3.63, 3.8) is 0 Å². The fraction of sp³-hybridized carbons (Fsp3) is 0.100. The molecule has 0 aliphatic carbocycles. The zero-order valence-corrected chi connectivity index (χ0v) is 12.1. The molecule has 0 amide bonds. The molecule has 0 aliphatic rings. The van der Waals surface area contributed by atoms with Crippen LogP contribution in [0.5, 0.6) is 0 Å². The first-order valence-corrected chi connectivity index (χ1v) is 6.86. The Morgan fingerprint density at radius 3 is 2.25 bits per heavy atom. The molecule has 0 unspecified atom stereocenters. The molecule has 0 bridgehead atoms. The molecule has 2 aromatic rings. The van der Waals surface area contributed by atoms with Gasteiger partial charge in [-0.2, -0.15) is 0 Å². The van der Waals surface area contributed by atoms with E-state index in [1.807, 2.05) is 19.1 Å². The van der Waals surface area contributed by atoms with Crippen LogP contribution in [0.25, 0.3) is 16.7 Å². The summed E-state index contributed by atoms with van der Waals surface area (Å²) in [5, 5.41) is 0. The van der Waals surface area contributed by atoms with Crippen LogP contribution in [0.1, 0.15) is 19.4 Å². The molecule has 20 heavy (non-hydrogen) atoms. The summed E-state index contributed by atoms with van der Waals surface area (Å²) in [4.78, 5) is 0. The quantitative estimate of drug-likeness (QED) is 0.601. The van der Waals surface area contributed by atoms with Crippen LogP contribution in [0.15, 0.2) is 85.0 Å². The molecule has 0 aromatic heterocycles. The van der Waals surface area contributed by atoms with E-state index in [-0.39, 0.29) is 0 Å². The molecule has 0 atom stereocenters. The van der Waals surface area contributed by atoms with Crippen molar-refractivity contribution in [3.05, 3.63) is 90.5 Å². The average molecular weight is 260 g/mol. The molecule has 0 spiro atoms. The van der Waals surface area contributed by atoms with Gasteiger partial charge in [0, 0.05) is 0 Å². The molecular formula is C20H20. The van der Waals surface area contributed by atoms with Crippen LogP contribution in [-0.4, -0.2) is 0 Å². The van der Waals surface area contributed by atoms with Crippen LogP contribution in [-0.2, 0) is 0 Å². The van der Waals surface area contributed by atoms with Crippen molar-refractivity contribution in [1.82, 2.24) is 0 Å². The Morgan fingerprint density at radius 1 is 0.900 bits per heavy atom. The maximum absolute atomic E-state index is 3.91. The second-order valence-electron chi connectivity index (χ2n) is 4.87. The van der Waals surface area contributed by atoms with Crippen LogP contribution in [0.4, 0.5) is 0 Å². The highest BCUT2D eigenvalue weighted by molar-refractivity contribution is 5.78. The molecule has 0 saturated carbocycles. The molecule has 0 aliphatic heterocycles. The normalized spacial score (nSPS) is 11.8. The second kappa shape index (κ2) is 6.72. The molecule has 0 N–H and O–H groups in total. The minimum absolute atomic E-state index is 1.06. The van der Waals surface area contributed by atoms with E-state index in [0.717, 1.165) is 5.57 Å². The number of rotatable bonds is 4. The summed E-state index contributed by atoms with van der Waals surface area (Å²) in [6.45, 7) is 7.97. The van der Waals surface area contributed by atoms with Crippen molar-refractivity contribution >= 4 is 5.57 Å². The summed E-state index contributed by atoms with van der Waals surface area (Å²) >= 11 is 0. The first-order chi connectivity index (χ1) is 9.70. The minimum Gasteiger partial charge on any atom is -0.0961 e. The first-order valence-electron chi connectivity index (χ1n) is 6.86. The summed E-state index contributed by atoms with van der Waals surface area (Å²) in [5.74, 6) is 0. The van der Waals surface area contributed by atoms with E-state index in [9.17, 15) is 0 Å². The molecule has 2 aromatic carbocycles. The highest BCUT2D eigenvalue weighted by atomic mass is 14.1. The smallest absolute Gasteiger partial charge is 0.0178 e. The molecule has 0 fully saturated rings. The maximum Gasteiger partial charge on any atom is -0.0178 e. The lowest BCUT2D eigenvalue weighted by atomic mass is 9.98. The van der Waals surface area contributed by atoms with E-state index < -0.39 is 0 Å². The highest BCUT2D eigenvalue weighted by Crippen LogP contribution is 2.24. The summed E-state index contributed by atoms with van der Waals surface area (Å²) < 4.78 is 0. The van der Waals surface area contributed by atoms with Crippen molar-refractivity contribution in [2.24, 2.45) is 0 Å². The lowest BCUT2D eigenvalue weighted by molar-refractivity contribution is 1.54. The van der Waals surface area contributed by atoms with Crippen molar-refractivity contribution in [2.45, 2.75) is 13.8 Å². The van der Waals surface area contributed by atoms with Gasteiger partial charge in [-0.05, 0) is 42.2 Å². The van der Waals surface area contributed by atoms with Gasteiger partial charge < -0.3 is 0 Å². The van der Waals surface area contributed by atoms with E-state index in [1.165, 1.54) is 22.3 Å². The average Bonchev–Trinajstić information content (AvgIpc) is 2.49. The number of benzene rings is 2. The van der Waals surface area contributed by atoms with Crippen LogP contribution in [0, 0.1) is 0 Å². The Morgan fingerprint density at radius 2 is 1.60 bits per heavy atom. The minimum atomic E-state index is 1.06. The number of allylic oxidation sites excluding steroid dienone is 5. The Kier molecular flexibility index (Phi) is 4.73. The molecular weight excluding hydrogens is 240 g/mol. The van der Waals surface area contributed by atoms with Gasteiger partial charge in [0.2, 0.25) is 0 Å². The van der Waals surface area contributed by atoms with Gasteiger partial charge in [-0.25, -0.2) is 0 Å². The Bertz CT molecular complexity index is 643. The van der Waals surface area contributed by atoms with Crippen molar-refractivity contribution in [3.8, 4) is 11.1 Å². The Hall–Kier alpha value is -2.34. The van der Waals surface area contributed by atoms with Crippen LogP contribution in [0.2, 0.25) is 0 Å². The Labute approximate surface area is 121 Å². The van der Waals surface area contributed by atoms with Crippen LogP contribution >= 0.6 is 0 Å². The molecule has 0 radical (unpaired) electrons. The fourth-order valence-corrected chi connectivity index (χ4v) is 2.10. The third-order valence-corrected chi connectivity index (χ3v) is 3.16. The Balaban J connectivity index is 2.37. The van der Waals surface area contributed by atoms with E-state index in [2.05, 4.69) is 74.2 Å². The molecule has 0 heteroatoms. The summed E-state index contributed by atoms with van der Waals surface area (Å²) in [6, 6.07) is 19.1. The fourth-order valence-electron chi connectivity index (χ4n) is 2.10. The van der Waals surface area contributed by atoms with Gasteiger partial charge in [0.05, 0.1) is 0 Å². The van der Waals surface area contributed by atoms with Crippen LogP contribution < -0.4 is 0 Å². The van der Waals surface area contributed by atoms with Crippen LogP contribution in [0.3, 0.4) is 0 Å². The third kappa shape index (κ3) is 3.58. The van der Waals surface area contributed by atoms with E-state index in [1.54, 1.807) is 0 Å². The molecule has 2 rings (SSSR count). The first kappa shape index (κ1) is 14.1. The lowest BCUT2D eigenvalue weighted by Crippen LogP contribution is -1.83.